The minimum atomic E-state index is -4.00. The average molecular weight is 416 g/mol. The molecule has 0 aromatic heterocycles. The molecule has 0 radical (unpaired) electrons. The van der Waals surface area contributed by atoms with E-state index in [4.69, 9.17) is 9.47 Å². The molecule has 0 bridgehead atoms. The molecule has 0 saturated carbocycles. The maximum absolute atomic E-state index is 12.7. The van der Waals surface area contributed by atoms with E-state index in [1.807, 2.05) is 0 Å². The van der Waals surface area contributed by atoms with Crippen LogP contribution in [0.25, 0.3) is 0 Å². The molecule has 154 valence electrons. The van der Waals surface area contributed by atoms with Crippen LogP contribution in [-0.4, -0.2) is 75.6 Å². The van der Waals surface area contributed by atoms with E-state index >= 15 is 0 Å². The zero-order valence-corrected chi connectivity index (χ0v) is 15.8. The highest BCUT2D eigenvalue weighted by atomic mass is 32.2. The highest BCUT2D eigenvalue weighted by Gasteiger charge is 2.36. The number of carbonyl (C=O) groups is 2. The summed E-state index contributed by atoms with van der Waals surface area (Å²) in [6.45, 7) is 0.310. The molecule has 1 aromatic rings. The molecule has 0 spiro atoms. The van der Waals surface area contributed by atoms with Crippen LogP contribution in [0.15, 0.2) is 29.2 Å². The van der Waals surface area contributed by atoms with E-state index in [9.17, 15) is 28.1 Å². The number of nitro benzene ring substituents is 1. The Hall–Kier alpha value is -2.61. The predicted molar refractivity (Wildman–Crippen MR) is 94.6 cm³/mol. The Balaban J connectivity index is 2.00. The van der Waals surface area contributed by atoms with Crippen LogP contribution in [0.5, 0.6) is 0 Å². The second-order valence-electron chi connectivity index (χ2n) is 5.65. The van der Waals surface area contributed by atoms with Crippen LogP contribution in [0.2, 0.25) is 0 Å². The summed E-state index contributed by atoms with van der Waals surface area (Å²) >= 11 is 0. The van der Waals surface area contributed by atoms with Crippen molar-refractivity contribution in [1.82, 2.24) is 14.9 Å². The number of carbonyl (C=O) groups excluding carboxylic acids is 2. The first-order chi connectivity index (χ1) is 13.3. The summed E-state index contributed by atoms with van der Waals surface area (Å²) in [5.41, 5.74) is -0.236. The summed E-state index contributed by atoms with van der Waals surface area (Å²) < 4.78 is 36.6. The minimum absolute atomic E-state index is 0.0416. The molecule has 1 unspecified atom stereocenters. The van der Waals surface area contributed by atoms with Gasteiger partial charge in [0.15, 0.2) is 0 Å². The fourth-order valence-electron chi connectivity index (χ4n) is 2.42. The molecule has 1 aromatic carbocycles. The molecule has 13 heteroatoms. The molecule has 1 fully saturated rings. The Kier molecular flexibility index (Phi) is 7.39. The lowest BCUT2D eigenvalue weighted by Gasteiger charge is -2.22. The highest BCUT2D eigenvalue weighted by molar-refractivity contribution is 7.89. The summed E-state index contributed by atoms with van der Waals surface area (Å²) in [5, 5.41) is 15.4. The number of ether oxygens (including phenoxy) is 2. The summed E-state index contributed by atoms with van der Waals surface area (Å²) in [6.07, 6.45) is -1.00. The van der Waals surface area contributed by atoms with Gasteiger partial charge in [-0.15, -0.1) is 0 Å². The van der Waals surface area contributed by atoms with Gasteiger partial charge in [-0.2, -0.15) is 4.31 Å². The minimum Gasteiger partial charge on any atom is -0.383 e. The summed E-state index contributed by atoms with van der Waals surface area (Å²) in [7, 11) is -2.55. The molecule has 2 rings (SSSR count). The number of nitrogens with zero attached hydrogens (tertiary/aromatic N) is 2. The quantitative estimate of drug-likeness (QED) is 0.232. The van der Waals surface area contributed by atoms with Crippen molar-refractivity contribution < 1.29 is 32.4 Å². The van der Waals surface area contributed by atoms with Gasteiger partial charge in [0.25, 0.3) is 5.69 Å². The third-order valence-electron chi connectivity index (χ3n) is 3.83. The first-order valence-electron chi connectivity index (χ1n) is 8.20. The van der Waals surface area contributed by atoms with Crippen LogP contribution in [0.4, 0.5) is 5.69 Å². The third kappa shape index (κ3) is 5.22. The smallest absolute Gasteiger partial charge is 0.309 e. The number of hydrogen-bond donors (Lipinski definition) is 2. The second kappa shape index (κ2) is 9.54. The Morgan fingerprint density at radius 2 is 1.93 bits per heavy atom. The van der Waals surface area contributed by atoms with Crippen LogP contribution in [0.1, 0.15) is 0 Å². The number of nitro groups is 1. The molecule has 1 aliphatic rings. The number of benzene rings is 1. The first-order valence-corrected chi connectivity index (χ1v) is 9.64. The normalized spacial score (nSPS) is 17.2. The van der Waals surface area contributed by atoms with Gasteiger partial charge >= 0.3 is 11.8 Å². The Labute approximate surface area is 161 Å². The van der Waals surface area contributed by atoms with Crippen molar-refractivity contribution in [2.75, 3.05) is 40.0 Å². The number of nitrogens with one attached hydrogen (secondary N) is 2. The van der Waals surface area contributed by atoms with Gasteiger partial charge in [-0.25, -0.2) is 8.42 Å². The molecule has 2 amide bonds. The fraction of sp³-hybridized carbons (Fsp3) is 0.467. The summed E-state index contributed by atoms with van der Waals surface area (Å²) in [6, 6.07) is 4.44. The zero-order valence-electron chi connectivity index (χ0n) is 15.0. The lowest BCUT2D eigenvalue weighted by molar-refractivity contribution is -0.384. The molecule has 1 atom stereocenters. The molecule has 28 heavy (non-hydrogen) atoms. The van der Waals surface area contributed by atoms with Gasteiger partial charge in [0.2, 0.25) is 10.0 Å². The maximum Gasteiger partial charge on any atom is 0.309 e. The first kappa shape index (κ1) is 21.7. The van der Waals surface area contributed by atoms with Gasteiger partial charge in [-0.1, -0.05) is 0 Å². The Morgan fingerprint density at radius 1 is 1.29 bits per heavy atom. The molecular weight excluding hydrogens is 396 g/mol. The molecule has 2 N–H and O–H groups in total. The van der Waals surface area contributed by atoms with Crippen molar-refractivity contribution in [2.24, 2.45) is 0 Å². The lowest BCUT2D eigenvalue weighted by atomic mass is 10.3. The van der Waals surface area contributed by atoms with Crippen molar-refractivity contribution in [3.63, 3.8) is 0 Å². The monoisotopic (exact) mass is 416 g/mol. The predicted octanol–water partition coefficient (Wildman–Crippen LogP) is -1.18. The van der Waals surface area contributed by atoms with Crippen molar-refractivity contribution in [1.29, 1.82) is 0 Å². The number of amides is 2. The Bertz CT molecular complexity index is 827. The fourth-order valence-corrected chi connectivity index (χ4v) is 3.93. The molecule has 1 saturated heterocycles. The van der Waals surface area contributed by atoms with E-state index in [0.717, 1.165) is 28.6 Å². The van der Waals surface area contributed by atoms with Gasteiger partial charge in [0.1, 0.15) is 6.23 Å². The van der Waals surface area contributed by atoms with Gasteiger partial charge < -0.3 is 20.1 Å². The van der Waals surface area contributed by atoms with E-state index in [-0.39, 0.29) is 43.4 Å². The van der Waals surface area contributed by atoms with E-state index < -0.39 is 33.0 Å². The van der Waals surface area contributed by atoms with E-state index in [1.165, 1.54) is 7.11 Å². The maximum atomic E-state index is 12.7. The summed E-state index contributed by atoms with van der Waals surface area (Å²) in [5.74, 6) is -1.81. The van der Waals surface area contributed by atoms with Crippen LogP contribution < -0.4 is 10.6 Å². The number of non-ortho nitro benzene ring substituents is 1. The molecule has 1 heterocycles. The van der Waals surface area contributed by atoms with Gasteiger partial charge in [-0.05, 0) is 12.1 Å². The van der Waals surface area contributed by atoms with Gasteiger partial charge in [0, 0.05) is 32.3 Å². The van der Waals surface area contributed by atoms with E-state index in [0.29, 0.717) is 0 Å². The lowest BCUT2D eigenvalue weighted by Crippen LogP contribution is -2.47. The van der Waals surface area contributed by atoms with Gasteiger partial charge in [0.05, 0.1) is 29.6 Å². The SMILES string of the molecule is COCCNC(=O)C(=O)NCC1OCCN1S(=O)(=O)c1ccc([N+](=O)[O-])cc1. The van der Waals surface area contributed by atoms with Crippen molar-refractivity contribution in [3.05, 3.63) is 34.4 Å². The Morgan fingerprint density at radius 3 is 2.54 bits per heavy atom. The molecule has 12 nitrogen and oxygen atoms in total. The third-order valence-corrected chi connectivity index (χ3v) is 5.74. The van der Waals surface area contributed by atoms with Crippen LogP contribution in [0.3, 0.4) is 0 Å². The van der Waals surface area contributed by atoms with E-state index in [2.05, 4.69) is 10.6 Å². The number of rotatable bonds is 8. The topological polar surface area (TPSA) is 157 Å². The van der Waals surface area contributed by atoms with Crippen LogP contribution in [-0.2, 0) is 29.1 Å². The largest absolute Gasteiger partial charge is 0.383 e. The molecular formula is C15H20N4O8S. The van der Waals surface area contributed by atoms with Crippen LogP contribution in [0, 0.1) is 10.1 Å². The van der Waals surface area contributed by atoms with Crippen molar-refractivity contribution in [2.45, 2.75) is 11.1 Å². The average Bonchev–Trinajstić information content (AvgIpc) is 3.15. The summed E-state index contributed by atoms with van der Waals surface area (Å²) in [4.78, 5) is 33.3. The van der Waals surface area contributed by atoms with E-state index in [1.54, 1.807) is 0 Å². The van der Waals surface area contributed by atoms with Crippen molar-refractivity contribution >= 4 is 27.5 Å². The standard InChI is InChI=1S/C15H20N4O8S/c1-26-8-6-16-14(20)15(21)17-10-13-18(7-9-27-13)28(24,25)12-4-2-11(3-5-12)19(22)23/h2-5,13H,6-10H2,1H3,(H,16,20)(H,17,21). The van der Waals surface area contributed by atoms with Gasteiger partial charge in [-0.3, -0.25) is 19.7 Å². The highest BCUT2D eigenvalue weighted by Crippen LogP contribution is 2.23. The molecule has 1 aliphatic heterocycles. The number of hydrogen-bond acceptors (Lipinski definition) is 8. The zero-order chi connectivity index (χ0) is 20.7. The number of sulfonamides is 1. The molecule has 0 aliphatic carbocycles. The number of methoxy groups -OCH3 is 1. The van der Waals surface area contributed by atoms with Crippen LogP contribution >= 0.6 is 0 Å². The van der Waals surface area contributed by atoms with Crippen molar-refractivity contribution in [3.8, 4) is 0 Å². The second-order valence-corrected chi connectivity index (χ2v) is 7.54.